The zero-order valence-electron chi connectivity index (χ0n) is 13.0. The number of fused-ring (bicyclic) bond motifs is 2. The Morgan fingerprint density at radius 1 is 1.24 bits per heavy atom. The number of benzene rings is 2. The molecule has 6 nitrogen and oxygen atoms in total. The first-order valence-electron chi connectivity index (χ1n) is 7.56. The number of hydrogen-bond acceptors (Lipinski definition) is 2. The van der Waals surface area contributed by atoms with Gasteiger partial charge in [0, 0.05) is 49.6 Å². The van der Waals surface area contributed by atoms with E-state index in [0.717, 1.165) is 37.9 Å². The molecule has 0 fully saturated rings. The molecule has 2 heterocycles. The number of H-pyrrole nitrogens is 1. The lowest BCUT2D eigenvalue weighted by Gasteiger charge is -2.04. The van der Waals surface area contributed by atoms with Crippen LogP contribution in [-0.2, 0) is 4.79 Å². The van der Waals surface area contributed by atoms with Gasteiger partial charge >= 0.3 is 0 Å². The molecule has 1 aliphatic rings. The molecule has 25 heavy (non-hydrogen) atoms. The molecule has 0 unspecified atom stereocenters. The van der Waals surface area contributed by atoms with E-state index < -0.39 is 0 Å². The minimum Gasteiger partial charge on any atom is -0.370 e. The number of nitrogens with two attached hydrogens (primary N) is 1. The van der Waals surface area contributed by atoms with Gasteiger partial charge < -0.3 is 21.4 Å². The second-order valence-electron chi connectivity index (χ2n) is 5.75. The van der Waals surface area contributed by atoms with Gasteiger partial charge in [0.2, 0.25) is 0 Å². The molecule has 0 aliphatic carbocycles. The van der Waals surface area contributed by atoms with Crippen molar-refractivity contribution in [2.24, 2.45) is 5.73 Å². The summed E-state index contributed by atoms with van der Waals surface area (Å²) in [6.07, 6.45) is 3.72. The molecular formula is C18H14BrN5O. The molecule has 7 heteroatoms. The Kier molecular flexibility index (Phi) is 3.58. The summed E-state index contributed by atoms with van der Waals surface area (Å²) in [6.45, 7) is 0. The standard InChI is InChI=1S/C18H14BrN5O/c19-10-1-3-16-13(6-10)14(17(25)24-16)5-9-8-22-15-4-2-11(7-12(9)15)23-18(20)21/h1-8,22H,(H,24,25)(H4,20,21,23). The fraction of sp³-hybridized carbons (Fsp3) is 0. The zero-order chi connectivity index (χ0) is 17.6. The molecule has 0 saturated heterocycles. The Morgan fingerprint density at radius 3 is 2.88 bits per heavy atom. The van der Waals surface area contributed by atoms with Crippen molar-refractivity contribution in [3.05, 3.63) is 58.2 Å². The van der Waals surface area contributed by atoms with Crippen molar-refractivity contribution in [2.45, 2.75) is 0 Å². The number of halogens is 1. The first kappa shape index (κ1) is 15.5. The lowest BCUT2D eigenvalue weighted by atomic mass is 10.0. The predicted molar refractivity (Wildman–Crippen MR) is 104 cm³/mol. The van der Waals surface area contributed by atoms with Crippen molar-refractivity contribution in [1.29, 1.82) is 5.41 Å². The van der Waals surface area contributed by atoms with Crippen molar-refractivity contribution in [3.63, 3.8) is 0 Å². The van der Waals surface area contributed by atoms with Crippen LogP contribution in [0, 0.1) is 5.41 Å². The number of carbonyl (C=O) groups excluding carboxylic acids is 1. The summed E-state index contributed by atoms with van der Waals surface area (Å²) in [7, 11) is 0. The number of aromatic nitrogens is 1. The number of amides is 1. The number of anilines is 2. The molecule has 6 N–H and O–H groups in total. The largest absolute Gasteiger partial charge is 0.370 e. The fourth-order valence-electron chi connectivity index (χ4n) is 2.95. The van der Waals surface area contributed by atoms with E-state index in [-0.39, 0.29) is 11.9 Å². The Balaban J connectivity index is 1.83. The van der Waals surface area contributed by atoms with Crippen molar-refractivity contribution in [1.82, 2.24) is 4.98 Å². The van der Waals surface area contributed by atoms with Gasteiger partial charge in [0.05, 0.1) is 0 Å². The molecule has 1 aliphatic heterocycles. The molecule has 0 saturated carbocycles. The van der Waals surface area contributed by atoms with Crippen LogP contribution in [0.25, 0.3) is 22.6 Å². The van der Waals surface area contributed by atoms with Gasteiger partial charge in [-0.1, -0.05) is 15.9 Å². The van der Waals surface area contributed by atoms with E-state index in [4.69, 9.17) is 11.1 Å². The second-order valence-corrected chi connectivity index (χ2v) is 6.66. The van der Waals surface area contributed by atoms with Crippen LogP contribution in [0.2, 0.25) is 0 Å². The van der Waals surface area contributed by atoms with Gasteiger partial charge in [-0.05, 0) is 42.5 Å². The number of rotatable bonds is 2. The highest BCUT2D eigenvalue weighted by Gasteiger charge is 2.24. The van der Waals surface area contributed by atoms with Crippen LogP contribution >= 0.6 is 15.9 Å². The Bertz CT molecular complexity index is 1070. The molecule has 4 rings (SSSR count). The maximum absolute atomic E-state index is 12.4. The third-order valence-corrected chi connectivity index (χ3v) is 4.55. The smallest absolute Gasteiger partial charge is 0.256 e. The molecule has 0 bridgehead atoms. The van der Waals surface area contributed by atoms with Gasteiger partial charge in [-0.15, -0.1) is 0 Å². The number of guanidine groups is 1. The summed E-state index contributed by atoms with van der Waals surface area (Å²) in [6, 6.07) is 11.3. The molecule has 0 radical (unpaired) electrons. The highest BCUT2D eigenvalue weighted by molar-refractivity contribution is 9.10. The van der Waals surface area contributed by atoms with E-state index in [1.54, 1.807) is 0 Å². The number of aromatic amines is 1. The predicted octanol–water partition coefficient (Wildman–Crippen LogP) is 3.73. The van der Waals surface area contributed by atoms with Crippen LogP contribution in [0.3, 0.4) is 0 Å². The summed E-state index contributed by atoms with van der Waals surface area (Å²) in [4.78, 5) is 15.5. The van der Waals surface area contributed by atoms with Crippen molar-refractivity contribution in [2.75, 3.05) is 10.6 Å². The normalized spacial score (nSPS) is 14.6. The average molecular weight is 396 g/mol. The summed E-state index contributed by atoms with van der Waals surface area (Å²) in [5.41, 5.74) is 10.2. The summed E-state index contributed by atoms with van der Waals surface area (Å²) < 4.78 is 0.917. The van der Waals surface area contributed by atoms with Crippen LogP contribution in [0.1, 0.15) is 11.1 Å². The molecule has 1 aromatic heterocycles. The molecule has 0 spiro atoms. The SMILES string of the molecule is N=C(N)Nc1ccc2[nH]cc(C=C3C(=O)Nc4ccc(Br)cc43)c2c1. The van der Waals surface area contributed by atoms with Crippen LogP contribution in [0.4, 0.5) is 11.4 Å². The molecule has 2 aromatic carbocycles. The monoisotopic (exact) mass is 395 g/mol. The third-order valence-electron chi connectivity index (χ3n) is 4.06. The van der Waals surface area contributed by atoms with Gasteiger partial charge in [0.15, 0.2) is 5.96 Å². The average Bonchev–Trinajstić information content (AvgIpc) is 3.09. The first-order chi connectivity index (χ1) is 12.0. The number of nitrogens with one attached hydrogen (secondary N) is 4. The minimum absolute atomic E-state index is 0.122. The molecule has 3 aromatic rings. The fourth-order valence-corrected chi connectivity index (χ4v) is 3.32. The highest BCUT2D eigenvalue weighted by atomic mass is 79.9. The lowest BCUT2D eigenvalue weighted by Crippen LogP contribution is -2.20. The Morgan fingerprint density at radius 2 is 2.08 bits per heavy atom. The maximum atomic E-state index is 12.4. The van der Waals surface area contributed by atoms with Gasteiger partial charge in [0.25, 0.3) is 5.91 Å². The van der Waals surface area contributed by atoms with E-state index in [2.05, 4.69) is 31.5 Å². The first-order valence-corrected chi connectivity index (χ1v) is 8.36. The van der Waals surface area contributed by atoms with E-state index in [0.29, 0.717) is 5.57 Å². The van der Waals surface area contributed by atoms with Crippen LogP contribution in [-0.4, -0.2) is 16.9 Å². The summed E-state index contributed by atoms with van der Waals surface area (Å²) >= 11 is 3.45. The molecule has 1 amide bonds. The quantitative estimate of drug-likeness (QED) is 0.259. The maximum Gasteiger partial charge on any atom is 0.256 e. The van der Waals surface area contributed by atoms with Gasteiger partial charge in [-0.2, -0.15) is 0 Å². The van der Waals surface area contributed by atoms with Crippen LogP contribution < -0.4 is 16.4 Å². The number of hydrogen-bond donors (Lipinski definition) is 5. The zero-order valence-corrected chi connectivity index (χ0v) is 14.6. The van der Waals surface area contributed by atoms with Crippen molar-refractivity contribution >= 4 is 61.7 Å². The Labute approximate surface area is 151 Å². The van der Waals surface area contributed by atoms with E-state index >= 15 is 0 Å². The molecular weight excluding hydrogens is 382 g/mol. The third kappa shape index (κ3) is 2.78. The van der Waals surface area contributed by atoms with E-state index in [9.17, 15) is 4.79 Å². The van der Waals surface area contributed by atoms with E-state index in [1.807, 2.05) is 48.7 Å². The van der Waals surface area contributed by atoms with Crippen LogP contribution in [0.15, 0.2) is 47.1 Å². The lowest BCUT2D eigenvalue weighted by molar-refractivity contribution is -0.110. The topological polar surface area (TPSA) is 107 Å². The van der Waals surface area contributed by atoms with Crippen molar-refractivity contribution < 1.29 is 4.79 Å². The Hall–Kier alpha value is -3.06. The highest BCUT2D eigenvalue weighted by Crippen LogP contribution is 2.36. The summed E-state index contributed by atoms with van der Waals surface area (Å²) in [5, 5.41) is 14.0. The summed E-state index contributed by atoms with van der Waals surface area (Å²) in [5.74, 6) is -0.246. The van der Waals surface area contributed by atoms with Crippen LogP contribution in [0.5, 0.6) is 0 Å². The second kappa shape index (κ2) is 5.78. The van der Waals surface area contributed by atoms with E-state index in [1.165, 1.54) is 0 Å². The number of carbonyl (C=O) groups is 1. The van der Waals surface area contributed by atoms with Gasteiger partial charge in [-0.25, -0.2) is 0 Å². The molecule has 0 atom stereocenters. The van der Waals surface area contributed by atoms with Crippen molar-refractivity contribution in [3.8, 4) is 0 Å². The van der Waals surface area contributed by atoms with Gasteiger partial charge in [-0.3, -0.25) is 10.2 Å². The molecule has 124 valence electrons. The van der Waals surface area contributed by atoms with Gasteiger partial charge in [0.1, 0.15) is 0 Å². The minimum atomic E-state index is -0.125.